The second kappa shape index (κ2) is 7.78. The molecule has 0 aliphatic heterocycles. The van der Waals surface area contributed by atoms with E-state index < -0.39 is 10.0 Å². The van der Waals surface area contributed by atoms with Crippen molar-refractivity contribution < 1.29 is 8.42 Å². The Labute approximate surface area is 148 Å². The maximum atomic E-state index is 12.6. The van der Waals surface area contributed by atoms with E-state index in [0.29, 0.717) is 17.9 Å². The van der Waals surface area contributed by atoms with Crippen LogP contribution in [0, 0.1) is 0 Å². The van der Waals surface area contributed by atoms with E-state index in [0.717, 1.165) is 22.8 Å². The highest BCUT2D eigenvalue weighted by atomic mass is 32.2. The molecule has 0 saturated carbocycles. The van der Waals surface area contributed by atoms with E-state index in [1.807, 2.05) is 60.7 Å². The molecule has 3 aromatic carbocycles. The van der Waals surface area contributed by atoms with Crippen molar-refractivity contribution in [1.82, 2.24) is 4.72 Å². The van der Waals surface area contributed by atoms with Gasteiger partial charge in [0.25, 0.3) is 0 Å². The lowest BCUT2D eigenvalue weighted by molar-refractivity contribution is 0.563. The lowest BCUT2D eigenvalue weighted by Crippen LogP contribution is -2.31. The standard InChI is InChI=1S/C20H22N2O2S/c21-18(15-16-7-2-1-3-8-16)13-14-22-25(23,24)20-12-6-10-17-9-4-5-11-19(17)20/h1-12,18,22H,13-15,21H2/t18-/m1/s1. The third-order valence-corrected chi connectivity index (χ3v) is 5.71. The minimum Gasteiger partial charge on any atom is -0.327 e. The van der Waals surface area contributed by atoms with Gasteiger partial charge < -0.3 is 5.73 Å². The van der Waals surface area contributed by atoms with Crippen LogP contribution in [0.1, 0.15) is 12.0 Å². The molecule has 3 rings (SSSR count). The summed E-state index contributed by atoms with van der Waals surface area (Å²) in [5.41, 5.74) is 7.29. The predicted octanol–water partition coefficient (Wildman–Crippen LogP) is 3.08. The molecule has 3 aromatic rings. The van der Waals surface area contributed by atoms with Gasteiger partial charge in [0.15, 0.2) is 0 Å². The molecule has 0 saturated heterocycles. The Hall–Kier alpha value is -2.21. The van der Waals surface area contributed by atoms with Gasteiger partial charge in [0.1, 0.15) is 0 Å². The van der Waals surface area contributed by atoms with Crippen LogP contribution in [-0.4, -0.2) is 21.0 Å². The average molecular weight is 354 g/mol. The molecule has 25 heavy (non-hydrogen) atoms. The van der Waals surface area contributed by atoms with E-state index in [-0.39, 0.29) is 6.04 Å². The molecular weight excluding hydrogens is 332 g/mol. The number of nitrogens with one attached hydrogen (secondary N) is 1. The lowest BCUT2D eigenvalue weighted by atomic mass is 10.0. The van der Waals surface area contributed by atoms with Crippen LogP contribution in [0.4, 0.5) is 0 Å². The molecule has 0 aromatic heterocycles. The zero-order valence-corrected chi connectivity index (χ0v) is 14.7. The van der Waals surface area contributed by atoms with E-state index >= 15 is 0 Å². The van der Waals surface area contributed by atoms with Crippen molar-refractivity contribution in [2.24, 2.45) is 5.73 Å². The maximum absolute atomic E-state index is 12.6. The van der Waals surface area contributed by atoms with Crippen LogP contribution in [0.5, 0.6) is 0 Å². The Bertz CT molecular complexity index is 935. The zero-order chi connectivity index (χ0) is 17.7. The fourth-order valence-corrected chi connectivity index (χ4v) is 4.18. The second-order valence-corrected chi connectivity index (χ2v) is 7.85. The van der Waals surface area contributed by atoms with Crippen molar-refractivity contribution in [2.45, 2.75) is 23.8 Å². The van der Waals surface area contributed by atoms with E-state index in [1.165, 1.54) is 0 Å². The van der Waals surface area contributed by atoms with Gasteiger partial charge in [-0.3, -0.25) is 0 Å². The van der Waals surface area contributed by atoms with E-state index in [4.69, 9.17) is 5.73 Å². The van der Waals surface area contributed by atoms with Gasteiger partial charge >= 0.3 is 0 Å². The Balaban J connectivity index is 1.64. The van der Waals surface area contributed by atoms with Crippen LogP contribution in [-0.2, 0) is 16.4 Å². The molecule has 0 aliphatic rings. The Kier molecular flexibility index (Phi) is 5.48. The van der Waals surface area contributed by atoms with E-state index in [9.17, 15) is 8.42 Å². The van der Waals surface area contributed by atoms with Crippen LogP contribution in [0.2, 0.25) is 0 Å². The molecule has 0 bridgehead atoms. The van der Waals surface area contributed by atoms with Crippen LogP contribution in [0.15, 0.2) is 77.7 Å². The summed E-state index contributed by atoms with van der Waals surface area (Å²) in [6.07, 6.45) is 1.32. The predicted molar refractivity (Wildman–Crippen MR) is 102 cm³/mol. The highest BCUT2D eigenvalue weighted by molar-refractivity contribution is 7.89. The van der Waals surface area contributed by atoms with E-state index in [2.05, 4.69) is 4.72 Å². The summed E-state index contributed by atoms with van der Waals surface area (Å²) in [5.74, 6) is 0. The normalized spacial score (nSPS) is 13.0. The molecule has 3 N–H and O–H groups in total. The van der Waals surface area contributed by atoms with Crippen molar-refractivity contribution in [3.63, 3.8) is 0 Å². The number of benzene rings is 3. The molecular formula is C20H22N2O2S. The van der Waals surface area contributed by atoms with Crippen molar-refractivity contribution in [1.29, 1.82) is 0 Å². The third kappa shape index (κ3) is 4.45. The molecule has 0 amide bonds. The van der Waals surface area contributed by atoms with Crippen LogP contribution < -0.4 is 10.5 Å². The van der Waals surface area contributed by atoms with Gasteiger partial charge in [-0.05, 0) is 29.9 Å². The third-order valence-electron chi connectivity index (χ3n) is 4.19. The number of rotatable bonds is 7. The summed E-state index contributed by atoms with van der Waals surface area (Å²) in [5, 5.41) is 1.64. The molecule has 130 valence electrons. The van der Waals surface area contributed by atoms with Crippen molar-refractivity contribution >= 4 is 20.8 Å². The van der Waals surface area contributed by atoms with Gasteiger partial charge in [0.05, 0.1) is 4.90 Å². The molecule has 0 fully saturated rings. The fraction of sp³-hybridized carbons (Fsp3) is 0.200. The number of hydrogen-bond acceptors (Lipinski definition) is 3. The largest absolute Gasteiger partial charge is 0.327 e. The first-order valence-corrected chi connectivity index (χ1v) is 9.81. The summed E-state index contributed by atoms with van der Waals surface area (Å²) in [7, 11) is -3.56. The smallest absolute Gasteiger partial charge is 0.241 e. The zero-order valence-electron chi connectivity index (χ0n) is 13.9. The van der Waals surface area contributed by atoms with Gasteiger partial charge in [0.2, 0.25) is 10.0 Å². The van der Waals surface area contributed by atoms with Gasteiger partial charge in [-0.15, -0.1) is 0 Å². The fourth-order valence-electron chi connectivity index (χ4n) is 2.91. The first kappa shape index (κ1) is 17.6. The monoisotopic (exact) mass is 354 g/mol. The molecule has 4 nitrogen and oxygen atoms in total. The van der Waals surface area contributed by atoms with Gasteiger partial charge in [-0.25, -0.2) is 13.1 Å². The Morgan fingerprint density at radius 3 is 2.36 bits per heavy atom. The molecule has 0 spiro atoms. The van der Waals surface area contributed by atoms with Crippen LogP contribution in [0.25, 0.3) is 10.8 Å². The van der Waals surface area contributed by atoms with Crippen molar-refractivity contribution in [3.05, 3.63) is 78.4 Å². The SMILES string of the molecule is N[C@H](CCNS(=O)(=O)c1cccc2ccccc12)Cc1ccccc1. The maximum Gasteiger partial charge on any atom is 0.241 e. The molecule has 0 aliphatic carbocycles. The van der Waals surface area contributed by atoms with Gasteiger partial charge in [-0.2, -0.15) is 0 Å². The molecule has 1 atom stereocenters. The quantitative estimate of drug-likeness (QED) is 0.685. The number of fused-ring (bicyclic) bond motifs is 1. The summed E-state index contributed by atoms with van der Waals surface area (Å²) in [6.45, 7) is 0.319. The molecule has 0 heterocycles. The van der Waals surface area contributed by atoms with Crippen LogP contribution >= 0.6 is 0 Å². The molecule has 5 heteroatoms. The summed E-state index contributed by atoms with van der Waals surface area (Å²) < 4.78 is 27.9. The summed E-state index contributed by atoms with van der Waals surface area (Å²) in [6, 6.07) is 22.7. The number of nitrogens with two attached hydrogens (primary N) is 1. The number of hydrogen-bond donors (Lipinski definition) is 2. The average Bonchev–Trinajstić information content (AvgIpc) is 2.62. The summed E-state index contributed by atoms with van der Waals surface area (Å²) >= 11 is 0. The minimum absolute atomic E-state index is 0.0855. The van der Waals surface area contributed by atoms with Gasteiger partial charge in [-0.1, -0.05) is 66.7 Å². The Morgan fingerprint density at radius 1 is 0.880 bits per heavy atom. The topological polar surface area (TPSA) is 72.2 Å². The minimum atomic E-state index is -3.56. The van der Waals surface area contributed by atoms with Crippen molar-refractivity contribution in [2.75, 3.05) is 6.54 Å². The highest BCUT2D eigenvalue weighted by Crippen LogP contribution is 2.22. The highest BCUT2D eigenvalue weighted by Gasteiger charge is 2.17. The van der Waals surface area contributed by atoms with Gasteiger partial charge in [0, 0.05) is 18.0 Å². The summed E-state index contributed by atoms with van der Waals surface area (Å²) in [4.78, 5) is 0.308. The molecule has 0 unspecified atom stereocenters. The van der Waals surface area contributed by atoms with Crippen molar-refractivity contribution in [3.8, 4) is 0 Å². The first-order chi connectivity index (χ1) is 12.1. The lowest BCUT2D eigenvalue weighted by Gasteiger charge is -2.13. The van der Waals surface area contributed by atoms with E-state index in [1.54, 1.807) is 12.1 Å². The Morgan fingerprint density at radius 2 is 1.56 bits per heavy atom. The number of sulfonamides is 1. The first-order valence-electron chi connectivity index (χ1n) is 8.33. The molecule has 0 radical (unpaired) electrons. The second-order valence-electron chi connectivity index (χ2n) is 6.11. The van der Waals surface area contributed by atoms with Crippen LogP contribution in [0.3, 0.4) is 0 Å².